The van der Waals surface area contributed by atoms with Crippen LogP contribution in [0.3, 0.4) is 0 Å². The number of rotatable bonds is 12. The molecule has 0 atom stereocenters. The van der Waals surface area contributed by atoms with Crippen LogP contribution in [0.5, 0.6) is 0 Å². The standard InChI is InChI=1S/C34H48N6O5S/c1-7-14-38(15-9-16-40(33(42)43)34(2,3)4)32(41)28-17-27-13-12-26(19-30(27)36-31(35)20-28)25-10-8-11-29(18-25)46(44,45)39-22-24(23-39)21-37(5)6/h8,10-13,17-19,24H,7,9,14-16,20-23H2,1-6H3,(H2,35,36)(H,42,43). The van der Waals surface area contributed by atoms with Crippen LogP contribution in [-0.4, -0.2) is 109 Å². The molecule has 2 amide bonds. The summed E-state index contributed by atoms with van der Waals surface area (Å²) < 4.78 is 28.2. The third kappa shape index (κ3) is 8.34. The van der Waals surface area contributed by atoms with Crippen LogP contribution in [0.15, 0.2) is 57.9 Å². The van der Waals surface area contributed by atoms with Crippen LogP contribution in [0.2, 0.25) is 0 Å². The number of amides is 2. The number of aliphatic imine (C=N–C) groups is 1. The van der Waals surface area contributed by atoms with E-state index < -0.39 is 21.7 Å². The van der Waals surface area contributed by atoms with Gasteiger partial charge in [-0.25, -0.2) is 18.2 Å². The van der Waals surface area contributed by atoms with Crippen molar-refractivity contribution in [3.63, 3.8) is 0 Å². The Morgan fingerprint density at radius 3 is 2.37 bits per heavy atom. The summed E-state index contributed by atoms with van der Waals surface area (Å²) in [4.78, 5) is 35.6. The van der Waals surface area contributed by atoms with E-state index in [1.165, 1.54) is 9.21 Å². The number of carbonyl (C=O) groups excluding carboxylic acids is 1. The molecule has 2 aliphatic heterocycles. The molecule has 2 aliphatic rings. The number of amidine groups is 1. The minimum atomic E-state index is -3.60. The first-order valence-corrected chi connectivity index (χ1v) is 17.3. The maximum absolute atomic E-state index is 13.7. The zero-order chi connectivity index (χ0) is 33.8. The Morgan fingerprint density at radius 2 is 1.74 bits per heavy atom. The van der Waals surface area contributed by atoms with Crippen molar-refractivity contribution in [2.24, 2.45) is 16.6 Å². The molecular weight excluding hydrogens is 604 g/mol. The SMILES string of the molecule is CCCN(CCCN(C(=O)O)C(C)(C)C)C(=O)C1=Cc2ccc(-c3cccc(S(=O)(=O)N4CC(CN(C)C)C4)c3)cc2N=C(N)C1. The van der Waals surface area contributed by atoms with E-state index in [1.54, 1.807) is 23.1 Å². The molecule has 250 valence electrons. The lowest BCUT2D eigenvalue weighted by molar-refractivity contribution is -0.127. The summed E-state index contributed by atoms with van der Waals surface area (Å²) in [5, 5.41) is 9.63. The van der Waals surface area contributed by atoms with Crippen molar-refractivity contribution < 1.29 is 23.1 Å². The molecule has 2 aromatic carbocycles. The third-order valence-corrected chi connectivity index (χ3v) is 10.1. The molecule has 4 rings (SSSR count). The van der Waals surface area contributed by atoms with Gasteiger partial charge in [0.1, 0.15) is 5.84 Å². The molecule has 0 unspecified atom stereocenters. The summed E-state index contributed by atoms with van der Waals surface area (Å²) in [6.07, 6.45) is 2.29. The summed E-state index contributed by atoms with van der Waals surface area (Å²) in [5.74, 6) is 0.486. The lowest BCUT2D eigenvalue weighted by Crippen LogP contribution is -2.52. The van der Waals surface area contributed by atoms with Crippen molar-refractivity contribution in [2.75, 3.05) is 53.4 Å². The number of carbonyl (C=O) groups is 2. The molecular formula is C34H48N6O5S. The number of hydrogen-bond donors (Lipinski definition) is 2. The predicted molar refractivity (Wildman–Crippen MR) is 183 cm³/mol. The first-order chi connectivity index (χ1) is 21.6. The van der Waals surface area contributed by atoms with Crippen LogP contribution in [0, 0.1) is 5.92 Å². The number of fused-ring (bicyclic) bond motifs is 1. The van der Waals surface area contributed by atoms with Crippen LogP contribution in [0.25, 0.3) is 17.2 Å². The summed E-state index contributed by atoms with van der Waals surface area (Å²) in [6, 6.07) is 12.6. The van der Waals surface area contributed by atoms with Gasteiger partial charge in [0.25, 0.3) is 0 Å². The minimum Gasteiger partial charge on any atom is -0.465 e. The van der Waals surface area contributed by atoms with E-state index in [0.29, 0.717) is 62.2 Å². The Bertz CT molecular complexity index is 1610. The fraction of sp³-hybridized carbons (Fsp3) is 0.500. The van der Waals surface area contributed by atoms with Crippen LogP contribution < -0.4 is 5.73 Å². The first-order valence-electron chi connectivity index (χ1n) is 15.8. The van der Waals surface area contributed by atoms with Gasteiger partial charge in [-0.3, -0.25) is 4.79 Å². The number of hydrogen-bond acceptors (Lipinski definition) is 7. The summed E-state index contributed by atoms with van der Waals surface area (Å²) in [5.41, 5.74) is 9.17. The topological polar surface area (TPSA) is 140 Å². The largest absolute Gasteiger partial charge is 0.465 e. The van der Waals surface area contributed by atoms with Gasteiger partial charge in [0.15, 0.2) is 0 Å². The Balaban J connectivity index is 1.53. The van der Waals surface area contributed by atoms with Gasteiger partial charge < -0.3 is 25.5 Å². The highest BCUT2D eigenvalue weighted by molar-refractivity contribution is 7.89. The van der Waals surface area contributed by atoms with E-state index in [0.717, 1.165) is 29.7 Å². The van der Waals surface area contributed by atoms with E-state index in [4.69, 9.17) is 5.73 Å². The predicted octanol–water partition coefficient (Wildman–Crippen LogP) is 4.72. The smallest absolute Gasteiger partial charge is 0.407 e. The molecule has 3 N–H and O–H groups in total. The number of nitrogens with zero attached hydrogens (tertiary/aromatic N) is 5. The molecule has 0 saturated carbocycles. The Morgan fingerprint density at radius 1 is 1.04 bits per heavy atom. The van der Waals surface area contributed by atoms with Crippen molar-refractivity contribution in [1.82, 2.24) is 19.0 Å². The molecule has 0 spiro atoms. The molecule has 0 aliphatic carbocycles. The molecule has 2 heterocycles. The molecule has 0 radical (unpaired) electrons. The van der Waals surface area contributed by atoms with Crippen LogP contribution in [-0.2, 0) is 14.8 Å². The number of nitrogens with two attached hydrogens (primary N) is 1. The van der Waals surface area contributed by atoms with E-state index in [1.807, 2.05) is 72.1 Å². The average Bonchev–Trinajstić information content (AvgIpc) is 3.12. The lowest BCUT2D eigenvalue weighted by Gasteiger charge is -2.39. The second-order valence-corrected chi connectivity index (χ2v) is 15.4. The fourth-order valence-corrected chi connectivity index (χ4v) is 7.61. The van der Waals surface area contributed by atoms with Crippen molar-refractivity contribution >= 4 is 39.6 Å². The molecule has 12 heteroatoms. The summed E-state index contributed by atoms with van der Waals surface area (Å²) in [7, 11) is 0.374. The fourth-order valence-electron chi connectivity index (χ4n) is 5.97. The van der Waals surface area contributed by atoms with Gasteiger partial charge in [0.05, 0.1) is 10.6 Å². The third-order valence-electron chi connectivity index (χ3n) is 8.25. The highest BCUT2D eigenvalue weighted by Crippen LogP contribution is 2.34. The molecule has 2 aromatic rings. The van der Waals surface area contributed by atoms with Gasteiger partial charge in [-0.2, -0.15) is 4.31 Å². The highest BCUT2D eigenvalue weighted by Gasteiger charge is 2.37. The summed E-state index contributed by atoms with van der Waals surface area (Å²) in [6.45, 7) is 10.7. The normalized spacial score (nSPS) is 15.8. The van der Waals surface area contributed by atoms with Gasteiger partial charge in [-0.05, 0) is 89.0 Å². The zero-order valence-corrected chi connectivity index (χ0v) is 28.7. The van der Waals surface area contributed by atoms with Crippen LogP contribution in [0.4, 0.5) is 10.5 Å². The Hall–Kier alpha value is -3.74. The number of benzene rings is 2. The molecule has 1 saturated heterocycles. The maximum atomic E-state index is 13.7. The van der Waals surface area contributed by atoms with Gasteiger partial charge in [-0.15, -0.1) is 0 Å². The van der Waals surface area contributed by atoms with E-state index >= 15 is 0 Å². The molecule has 0 bridgehead atoms. The molecule has 0 aromatic heterocycles. The van der Waals surface area contributed by atoms with E-state index in [9.17, 15) is 23.1 Å². The Labute approximate surface area is 273 Å². The second-order valence-electron chi connectivity index (χ2n) is 13.5. The quantitative estimate of drug-likeness (QED) is 0.338. The van der Waals surface area contributed by atoms with Gasteiger partial charge in [0.2, 0.25) is 15.9 Å². The van der Waals surface area contributed by atoms with E-state index in [-0.39, 0.29) is 17.2 Å². The second kappa shape index (κ2) is 14.4. The van der Waals surface area contributed by atoms with Gasteiger partial charge in [0, 0.05) is 62.4 Å². The van der Waals surface area contributed by atoms with Crippen molar-refractivity contribution in [1.29, 1.82) is 0 Å². The molecule has 11 nitrogen and oxygen atoms in total. The molecule has 46 heavy (non-hydrogen) atoms. The average molecular weight is 653 g/mol. The Kier molecular flexibility index (Phi) is 11.0. The minimum absolute atomic E-state index is 0.147. The van der Waals surface area contributed by atoms with E-state index in [2.05, 4.69) is 9.89 Å². The zero-order valence-electron chi connectivity index (χ0n) is 27.9. The van der Waals surface area contributed by atoms with Crippen molar-refractivity contribution in [2.45, 2.75) is 57.4 Å². The summed E-state index contributed by atoms with van der Waals surface area (Å²) >= 11 is 0. The van der Waals surface area contributed by atoms with Crippen molar-refractivity contribution in [3.8, 4) is 11.1 Å². The first kappa shape index (κ1) is 35.1. The van der Waals surface area contributed by atoms with Crippen LogP contribution in [0.1, 0.15) is 52.5 Å². The molecule has 1 fully saturated rings. The van der Waals surface area contributed by atoms with Gasteiger partial charge >= 0.3 is 6.09 Å². The van der Waals surface area contributed by atoms with Gasteiger partial charge in [-0.1, -0.05) is 31.2 Å². The van der Waals surface area contributed by atoms with Crippen LogP contribution >= 0.6 is 0 Å². The monoisotopic (exact) mass is 652 g/mol. The highest BCUT2D eigenvalue weighted by atomic mass is 32.2. The van der Waals surface area contributed by atoms with Crippen molar-refractivity contribution in [3.05, 3.63) is 53.6 Å². The number of sulfonamides is 1. The number of carboxylic acid groups (broad SMARTS) is 1. The maximum Gasteiger partial charge on any atom is 0.407 e. The lowest BCUT2D eigenvalue weighted by atomic mass is 10.0.